The fraction of sp³-hybridized carbons (Fsp3) is 0.296. The third kappa shape index (κ3) is 4.97. The second kappa shape index (κ2) is 9.73. The summed E-state index contributed by atoms with van der Waals surface area (Å²) in [6.45, 7) is 0.991. The van der Waals surface area contributed by atoms with E-state index < -0.39 is 17.2 Å². The molecule has 1 N–H and O–H groups in total. The van der Waals surface area contributed by atoms with Crippen LogP contribution in [-0.2, 0) is 27.7 Å². The second-order valence-corrected chi connectivity index (χ2v) is 8.73. The van der Waals surface area contributed by atoms with Crippen molar-refractivity contribution < 1.29 is 36.9 Å². The minimum Gasteiger partial charge on any atom is -0.489 e. The zero-order chi connectivity index (χ0) is 25.2. The monoisotopic (exact) mass is 499 g/mol. The molecule has 3 aromatic rings. The van der Waals surface area contributed by atoms with E-state index in [1.54, 1.807) is 42.5 Å². The lowest BCUT2D eigenvalue weighted by Crippen LogP contribution is -2.45. The van der Waals surface area contributed by atoms with Crippen molar-refractivity contribution in [1.29, 1.82) is 0 Å². The lowest BCUT2D eigenvalue weighted by molar-refractivity contribution is -0.138. The van der Waals surface area contributed by atoms with Gasteiger partial charge in [0, 0.05) is 25.0 Å². The highest BCUT2D eigenvalue weighted by Gasteiger charge is 2.43. The van der Waals surface area contributed by atoms with Crippen molar-refractivity contribution in [3.63, 3.8) is 0 Å². The molecule has 0 aliphatic carbocycles. The quantitative estimate of drug-likeness (QED) is 0.471. The number of carbonyl (C=O) groups is 1. The van der Waals surface area contributed by atoms with Gasteiger partial charge < -0.3 is 24.3 Å². The van der Waals surface area contributed by atoms with Crippen LogP contribution in [0.15, 0.2) is 66.7 Å². The number of hydrogen-bond donors (Lipinski definition) is 1. The van der Waals surface area contributed by atoms with E-state index >= 15 is 0 Å². The Morgan fingerprint density at radius 3 is 2.53 bits per heavy atom. The van der Waals surface area contributed by atoms with Crippen LogP contribution < -0.4 is 19.5 Å². The van der Waals surface area contributed by atoms with Crippen LogP contribution >= 0.6 is 0 Å². The number of alkyl halides is 3. The number of benzene rings is 3. The molecule has 0 radical (unpaired) electrons. The number of anilines is 1. The van der Waals surface area contributed by atoms with E-state index in [1.165, 1.54) is 6.07 Å². The summed E-state index contributed by atoms with van der Waals surface area (Å²) < 4.78 is 62.0. The van der Waals surface area contributed by atoms with Gasteiger partial charge in [-0.1, -0.05) is 30.3 Å². The van der Waals surface area contributed by atoms with Gasteiger partial charge in [-0.25, -0.2) is 0 Å². The van der Waals surface area contributed by atoms with Gasteiger partial charge in [-0.2, -0.15) is 13.2 Å². The molecule has 0 atom stereocenters. The molecule has 1 fully saturated rings. The molecule has 5 rings (SSSR count). The predicted octanol–water partition coefficient (Wildman–Crippen LogP) is 5.70. The average molecular weight is 499 g/mol. The van der Waals surface area contributed by atoms with Crippen molar-refractivity contribution in [1.82, 2.24) is 0 Å². The van der Waals surface area contributed by atoms with Gasteiger partial charge in [0.15, 0.2) is 11.5 Å². The summed E-state index contributed by atoms with van der Waals surface area (Å²) in [6, 6.07) is 17.5. The Balaban J connectivity index is 1.33. The van der Waals surface area contributed by atoms with Gasteiger partial charge in [0.25, 0.3) is 0 Å². The molecule has 0 spiro atoms. The largest absolute Gasteiger partial charge is 0.489 e. The van der Waals surface area contributed by atoms with Gasteiger partial charge in [-0.3, -0.25) is 4.79 Å². The molecule has 3 aromatic carbocycles. The van der Waals surface area contributed by atoms with E-state index in [0.29, 0.717) is 28.5 Å². The highest BCUT2D eigenvalue weighted by Crippen LogP contribution is 2.39. The molecule has 2 aliphatic rings. The molecule has 0 aromatic heterocycles. The number of ether oxygens (including phenoxy) is 4. The SMILES string of the molecule is O=C(Nc1cccc(COc2ccc3c(c2)OCO3)c1)C1(c2cccc(C(F)(F)F)c2)CCOCC1. The molecule has 188 valence electrons. The molecule has 0 saturated carbocycles. The Morgan fingerprint density at radius 1 is 0.944 bits per heavy atom. The van der Waals surface area contributed by atoms with Crippen LogP contribution in [0.3, 0.4) is 0 Å². The fourth-order valence-corrected chi connectivity index (χ4v) is 4.48. The first-order valence-electron chi connectivity index (χ1n) is 11.5. The molecule has 0 unspecified atom stereocenters. The molecule has 6 nitrogen and oxygen atoms in total. The molecule has 1 amide bonds. The number of halogens is 3. The van der Waals surface area contributed by atoms with E-state index in [9.17, 15) is 18.0 Å². The molecule has 2 heterocycles. The van der Waals surface area contributed by atoms with Crippen LogP contribution in [0.4, 0.5) is 18.9 Å². The maximum absolute atomic E-state index is 13.5. The van der Waals surface area contributed by atoms with Crippen LogP contribution in [0.5, 0.6) is 17.2 Å². The van der Waals surface area contributed by atoms with Gasteiger partial charge >= 0.3 is 6.18 Å². The first-order valence-corrected chi connectivity index (χ1v) is 11.5. The summed E-state index contributed by atoms with van der Waals surface area (Å²) in [5.74, 6) is 1.53. The third-order valence-corrected chi connectivity index (χ3v) is 6.46. The Labute approximate surface area is 205 Å². The van der Waals surface area contributed by atoms with E-state index in [-0.39, 0.29) is 45.4 Å². The van der Waals surface area contributed by atoms with E-state index in [4.69, 9.17) is 18.9 Å². The lowest BCUT2D eigenvalue weighted by atomic mass is 9.73. The minimum absolute atomic E-state index is 0.175. The zero-order valence-corrected chi connectivity index (χ0v) is 19.3. The molecule has 36 heavy (non-hydrogen) atoms. The molecule has 1 saturated heterocycles. The number of amides is 1. The Hall–Kier alpha value is -3.72. The van der Waals surface area contributed by atoms with E-state index in [0.717, 1.165) is 17.7 Å². The van der Waals surface area contributed by atoms with Crippen LogP contribution in [0, 0.1) is 0 Å². The number of hydrogen-bond acceptors (Lipinski definition) is 5. The van der Waals surface area contributed by atoms with Crippen LogP contribution in [0.2, 0.25) is 0 Å². The maximum Gasteiger partial charge on any atom is 0.416 e. The number of rotatable bonds is 6. The fourth-order valence-electron chi connectivity index (χ4n) is 4.48. The standard InChI is InChI=1S/C27H24F3NO5/c28-27(29,30)20-5-2-4-19(14-20)26(9-11-33-12-10-26)25(32)31-21-6-1-3-18(13-21)16-34-22-7-8-23-24(15-22)36-17-35-23/h1-8,13-15H,9-12,16-17H2,(H,31,32). The summed E-state index contributed by atoms with van der Waals surface area (Å²) in [4.78, 5) is 13.5. The highest BCUT2D eigenvalue weighted by atomic mass is 19.4. The van der Waals surface area contributed by atoms with Crippen molar-refractivity contribution in [3.8, 4) is 17.2 Å². The average Bonchev–Trinajstić information content (AvgIpc) is 3.36. The molecule has 0 bridgehead atoms. The summed E-state index contributed by atoms with van der Waals surface area (Å²) >= 11 is 0. The van der Waals surface area contributed by atoms with E-state index in [2.05, 4.69) is 5.32 Å². The minimum atomic E-state index is -4.49. The van der Waals surface area contributed by atoms with Crippen molar-refractivity contribution in [2.75, 3.05) is 25.3 Å². The number of fused-ring (bicyclic) bond motifs is 1. The first kappa shape index (κ1) is 24.0. The van der Waals surface area contributed by atoms with Gasteiger partial charge in [0.1, 0.15) is 12.4 Å². The van der Waals surface area contributed by atoms with Crippen molar-refractivity contribution in [2.24, 2.45) is 0 Å². The first-order chi connectivity index (χ1) is 17.3. The Kier molecular flexibility index (Phi) is 6.49. The highest BCUT2D eigenvalue weighted by molar-refractivity contribution is 5.99. The zero-order valence-electron chi connectivity index (χ0n) is 19.3. The normalized spacial score (nSPS) is 16.4. The molecule has 9 heteroatoms. The van der Waals surface area contributed by atoms with Crippen LogP contribution in [-0.4, -0.2) is 25.9 Å². The van der Waals surface area contributed by atoms with Crippen molar-refractivity contribution in [2.45, 2.75) is 31.0 Å². The number of carbonyl (C=O) groups excluding carboxylic acids is 1. The topological polar surface area (TPSA) is 66.0 Å². The van der Waals surface area contributed by atoms with Gasteiger partial charge in [-0.05, 0) is 54.3 Å². The Morgan fingerprint density at radius 2 is 1.72 bits per heavy atom. The summed E-state index contributed by atoms with van der Waals surface area (Å²) in [5, 5.41) is 2.91. The maximum atomic E-state index is 13.5. The summed E-state index contributed by atoms with van der Waals surface area (Å²) in [5.41, 5.74) is -0.227. The molecular formula is C27H24F3NO5. The third-order valence-electron chi connectivity index (χ3n) is 6.46. The Bertz CT molecular complexity index is 1250. The van der Waals surface area contributed by atoms with Gasteiger partial charge in [0.2, 0.25) is 12.7 Å². The molecule has 2 aliphatic heterocycles. The predicted molar refractivity (Wildman–Crippen MR) is 125 cm³/mol. The number of nitrogens with one attached hydrogen (secondary N) is 1. The summed E-state index contributed by atoms with van der Waals surface area (Å²) in [6.07, 6.45) is -3.93. The molecular weight excluding hydrogens is 475 g/mol. The second-order valence-electron chi connectivity index (χ2n) is 8.73. The van der Waals surface area contributed by atoms with Crippen molar-refractivity contribution >= 4 is 11.6 Å². The van der Waals surface area contributed by atoms with E-state index in [1.807, 2.05) is 6.07 Å². The van der Waals surface area contributed by atoms with Gasteiger partial charge in [0.05, 0.1) is 11.0 Å². The van der Waals surface area contributed by atoms with Gasteiger partial charge in [-0.15, -0.1) is 0 Å². The van der Waals surface area contributed by atoms with Crippen LogP contribution in [0.25, 0.3) is 0 Å². The summed E-state index contributed by atoms with van der Waals surface area (Å²) in [7, 11) is 0. The van der Waals surface area contributed by atoms with Crippen LogP contribution in [0.1, 0.15) is 29.5 Å². The smallest absolute Gasteiger partial charge is 0.416 e. The van der Waals surface area contributed by atoms with Crippen molar-refractivity contribution in [3.05, 3.63) is 83.4 Å². The lowest BCUT2D eigenvalue weighted by Gasteiger charge is -2.36.